The molecule has 4 nitrogen and oxygen atoms in total. The summed E-state index contributed by atoms with van der Waals surface area (Å²) in [5.41, 5.74) is 2.20. The standard InChI is InChI=1S/C19H24ClN3OS/c1-3-24-15-9-7-14(8-10-15)13-16-17(20)21-19(25-2)22-18(16)23-11-5-4-6-12-23/h7-10H,3-6,11-13H2,1-2H3. The first-order valence-electron chi connectivity index (χ1n) is 8.78. The molecule has 1 aliphatic rings. The predicted octanol–water partition coefficient (Wildman–Crippen LogP) is 4.83. The molecule has 1 aromatic heterocycles. The van der Waals surface area contributed by atoms with Crippen LogP contribution in [-0.4, -0.2) is 35.9 Å². The molecule has 3 rings (SSSR count). The molecule has 6 heteroatoms. The number of nitrogens with zero attached hydrogens (tertiary/aromatic N) is 3. The first kappa shape index (κ1) is 18.3. The minimum Gasteiger partial charge on any atom is -0.494 e. The molecule has 1 fully saturated rings. The van der Waals surface area contributed by atoms with Gasteiger partial charge in [0.2, 0.25) is 0 Å². The summed E-state index contributed by atoms with van der Waals surface area (Å²) in [7, 11) is 0. The zero-order valence-corrected chi connectivity index (χ0v) is 16.4. The van der Waals surface area contributed by atoms with Crippen LogP contribution in [0.5, 0.6) is 5.75 Å². The second-order valence-corrected chi connectivity index (χ2v) is 7.24. The summed E-state index contributed by atoms with van der Waals surface area (Å²) in [5.74, 6) is 1.89. The van der Waals surface area contributed by atoms with Gasteiger partial charge in [0.25, 0.3) is 0 Å². The van der Waals surface area contributed by atoms with Crippen LogP contribution in [-0.2, 0) is 6.42 Å². The monoisotopic (exact) mass is 377 g/mol. The van der Waals surface area contributed by atoms with E-state index in [0.29, 0.717) is 11.8 Å². The second kappa shape index (κ2) is 8.77. The molecule has 0 amide bonds. The Morgan fingerprint density at radius 3 is 2.48 bits per heavy atom. The summed E-state index contributed by atoms with van der Waals surface area (Å²) >= 11 is 8.08. The molecule has 0 aliphatic carbocycles. The Morgan fingerprint density at radius 2 is 1.84 bits per heavy atom. The van der Waals surface area contributed by atoms with Crippen LogP contribution in [0.2, 0.25) is 5.15 Å². The Hall–Kier alpha value is -1.46. The molecule has 0 saturated carbocycles. The van der Waals surface area contributed by atoms with Gasteiger partial charge >= 0.3 is 0 Å². The molecule has 1 saturated heterocycles. The smallest absolute Gasteiger partial charge is 0.190 e. The molecule has 0 unspecified atom stereocenters. The van der Waals surface area contributed by atoms with Crippen molar-refractivity contribution in [1.29, 1.82) is 0 Å². The van der Waals surface area contributed by atoms with Crippen molar-refractivity contribution in [2.24, 2.45) is 0 Å². The minimum atomic E-state index is 0.564. The summed E-state index contributed by atoms with van der Waals surface area (Å²) in [6.45, 7) is 4.74. The highest BCUT2D eigenvalue weighted by molar-refractivity contribution is 7.98. The molecule has 0 N–H and O–H groups in total. The van der Waals surface area contributed by atoms with E-state index in [1.807, 2.05) is 25.3 Å². The number of piperidine rings is 1. The van der Waals surface area contributed by atoms with Gasteiger partial charge in [-0.3, -0.25) is 0 Å². The van der Waals surface area contributed by atoms with Crippen LogP contribution in [0.3, 0.4) is 0 Å². The van der Waals surface area contributed by atoms with Crippen molar-refractivity contribution in [2.75, 3.05) is 30.9 Å². The Morgan fingerprint density at radius 1 is 1.12 bits per heavy atom. The van der Waals surface area contributed by atoms with E-state index >= 15 is 0 Å². The van der Waals surface area contributed by atoms with E-state index in [4.69, 9.17) is 21.3 Å². The third-order valence-corrected chi connectivity index (χ3v) is 5.23. The Bertz CT molecular complexity index is 703. The van der Waals surface area contributed by atoms with Gasteiger partial charge in [-0.05, 0) is 50.1 Å². The number of hydrogen-bond acceptors (Lipinski definition) is 5. The maximum atomic E-state index is 6.55. The van der Waals surface area contributed by atoms with E-state index in [2.05, 4.69) is 22.0 Å². The average Bonchev–Trinajstić information content (AvgIpc) is 2.65. The van der Waals surface area contributed by atoms with Crippen LogP contribution in [0.1, 0.15) is 37.3 Å². The lowest BCUT2D eigenvalue weighted by atomic mass is 10.0. The second-order valence-electron chi connectivity index (χ2n) is 6.10. The van der Waals surface area contributed by atoms with Gasteiger partial charge in [-0.1, -0.05) is 35.5 Å². The third kappa shape index (κ3) is 4.59. The normalized spacial score (nSPS) is 14.6. The maximum absolute atomic E-state index is 6.55. The molecule has 2 aromatic rings. The van der Waals surface area contributed by atoms with Gasteiger partial charge in [0.15, 0.2) is 5.16 Å². The van der Waals surface area contributed by atoms with Gasteiger partial charge in [0.05, 0.1) is 6.61 Å². The zero-order chi connectivity index (χ0) is 17.6. The fraction of sp³-hybridized carbons (Fsp3) is 0.474. The molecule has 0 spiro atoms. The summed E-state index contributed by atoms with van der Waals surface area (Å²) in [4.78, 5) is 11.6. The molecular weight excluding hydrogens is 354 g/mol. The van der Waals surface area contributed by atoms with E-state index in [-0.39, 0.29) is 0 Å². The number of halogens is 1. The number of anilines is 1. The van der Waals surface area contributed by atoms with Crippen molar-refractivity contribution in [2.45, 2.75) is 37.8 Å². The highest BCUT2D eigenvalue weighted by atomic mass is 35.5. The maximum Gasteiger partial charge on any atom is 0.190 e. The third-order valence-electron chi connectivity index (χ3n) is 4.37. The van der Waals surface area contributed by atoms with E-state index in [9.17, 15) is 0 Å². The molecule has 0 radical (unpaired) electrons. The summed E-state index contributed by atoms with van der Waals surface area (Å²) < 4.78 is 5.52. The van der Waals surface area contributed by atoms with Gasteiger partial charge in [-0.15, -0.1) is 0 Å². The zero-order valence-electron chi connectivity index (χ0n) is 14.8. The van der Waals surface area contributed by atoms with Crippen LogP contribution in [0.25, 0.3) is 0 Å². The van der Waals surface area contributed by atoms with Crippen molar-refractivity contribution < 1.29 is 4.74 Å². The largest absolute Gasteiger partial charge is 0.494 e. The Balaban J connectivity index is 1.90. The van der Waals surface area contributed by atoms with Crippen molar-refractivity contribution in [3.05, 3.63) is 40.5 Å². The molecular formula is C19H24ClN3OS. The van der Waals surface area contributed by atoms with E-state index in [0.717, 1.165) is 41.8 Å². The summed E-state index contributed by atoms with van der Waals surface area (Å²) in [5, 5.41) is 1.30. The molecule has 25 heavy (non-hydrogen) atoms. The Kier molecular flexibility index (Phi) is 6.43. The van der Waals surface area contributed by atoms with Crippen LogP contribution in [0.4, 0.5) is 5.82 Å². The quantitative estimate of drug-likeness (QED) is 0.409. The van der Waals surface area contributed by atoms with Crippen molar-refractivity contribution in [3.63, 3.8) is 0 Å². The number of ether oxygens (including phenoxy) is 1. The molecule has 0 bridgehead atoms. The number of thioether (sulfide) groups is 1. The molecule has 0 atom stereocenters. The van der Waals surface area contributed by atoms with Gasteiger partial charge in [0.1, 0.15) is 16.7 Å². The molecule has 134 valence electrons. The van der Waals surface area contributed by atoms with Crippen LogP contribution in [0.15, 0.2) is 29.4 Å². The number of rotatable bonds is 6. The first-order chi connectivity index (χ1) is 12.2. The number of hydrogen-bond donors (Lipinski definition) is 0. The van der Waals surface area contributed by atoms with E-state index < -0.39 is 0 Å². The predicted molar refractivity (Wildman–Crippen MR) is 105 cm³/mol. The van der Waals surface area contributed by atoms with Crippen molar-refractivity contribution >= 4 is 29.2 Å². The van der Waals surface area contributed by atoms with Crippen molar-refractivity contribution in [1.82, 2.24) is 9.97 Å². The van der Waals surface area contributed by atoms with Gasteiger partial charge in [-0.25, -0.2) is 9.97 Å². The Labute approximate surface area is 159 Å². The van der Waals surface area contributed by atoms with E-state index in [1.165, 1.54) is 36.6 Å². The summed E-state index contributed by atoms with van der Waals surface area (Å²) in [6.07, 6.45) is 6.42. The minimum absolute atomic E-state index is 0.564. The molecule has 2 heterocycles. The highest BCUT2D eigenvalue weighted by Crippen LogP contribution is 2.31. The number of aromatic nitrogens is 2. The molecule has 1 aliphatic heterocycles. The lowest BCUT2D eigenvalue weighted by Gasteiger charge is -2.30. The van der Waals surface area contributed by atoms with E-state index in [1.54, 1.807) is 0 Å². The lowest BCUT2D eigenvalue weighted by Crippen LogP contribution is -2.31. The van der Waals surface area contributed by atoms with Crippen LogP contribution < -0.4 is 9.64 Å². The summed E-state index contributed by atoms with van der Waals surface area (Å²) in [6, 6.07) is 8.18. The topological polar surface area (TPSA) is 38.3 Å². The van der Waals surface area contributed by atoms with Crippen LogP contribution in [0, 0.1) is 0 Å². The fourth-order valence-electron chi connectivity index (χ4n) is 3.11. The average molecular weight is 378 g/mol. The first-order valence-corrected chi connectivity index (χ1v) is 10.4. The van der Waals surface area contributed by atoms with Gasteiger partial charge in [0, 0.05) is 25.1 Å². The SMILES string of the molecule is CCOc1ccc(Cc2c(Cl)nc(SC)nc2N2CCCCC2)cc1. The number of benzene rings is 1. The highest BCUT2D eigenvalue weighted by Gasteiger charge is 2.20. The van der Waals surface area contributed by atoms with Gasteiger partial charge < -0.3 is 9.64 Å². The van der Waals surface area contributed by atoms with Crippen LogP contribution >= 0.6 is 23.4 Å². The molecule has 1 aromatic carbocycles. The van der Waals surface area contributed by atoms with Gasteiger partial charge in [-0.2, -0.15) is 0 Å². The van der Waals surface area contributed by atoms with Crippen molar-refractivity contribution in [3.8, 4) is 5.75 Å². The fourth-order valence-corrected chi connectivity index (χ4v) is 3.75. The lowest BCUT2D eigenvalue weighted by molar-refractivity contribution is 0.340.